The molecule has 2 aromatic heterocycles. The number of allylic oxidation sites excluding steroid dienone is 10. The summed E-state index contributed by atoms with van der Waals surface area (Å²) in [5, 5.41) is 0. The molecule has 0 bridgehead atoms. The summed E-state index contributed by atoms with van der Waals surface area (Å²) in [6.45, 7) is 12.5. The number of nitrogens with zero attached hydrogens (tertiary/aromatic N) is 6. The smallest absolute Gasteiger partial charge is 0.164 e. The summed E-state index contributed by atoms with van der Waals surface area (Å²) in [5.41, 5.74) is 10.6. The minimum Gasteiger partial charge on any atom is -0.266 e. The molecule has 53 heavy (non-hydrogen) atoms. The molecule has 0 aliphatic carbocycles. The van der Waals surface area contributed by atoms with Crippen molar-refractivity contribution in [3.63, 3.8) is 0 Å². The van der Waals surface area contributed by atoms with Gasteiger partial charge in [0.25, 0.3) is 0 Å². The van der Waals surface area contributed by atoms with Gasteiger partial charge in [-0.05, 0) is 92.1 Å². The third-order valence-corrected chi connectivity index (χ3v) is 8.51. The van der Waals surface area contributed by atoms with Crippen LogP contribution in [0.5, 0.6) is 0 Å². The maximum atomic E-state index is 5.95. The lowest BCUT2D eigenvalue weighted by atomic mass is 9.95. The number of benzene rings is 3. The van der Waals surface area contributed by atoms with Crippen molar-refractivity contribution in [2.75, 3.05) is 0 Å². The molecule has 0 aliphatic rings. The molecule has 6 nitrogen and oxygen atoms in total. The minimum absolute atomic E-state index is 0.575. The summed E-state index contributed by atoms with van der Waals surface area (Å²) in [7, 11) is 0. The van der Waals surface area contributed by atoms with Crippen molar-refractivity contribution in [1.82, 2.24) is 24.9 Å². The van der Waals surface area contributed by atoms with Crippen molar-refractivity contribution in [2.45, 2.75) is 54.4 Å². The van der Waals surface area contributed by atoms with Crippen molar-refractivity contribution >= 4 is 17.4 Å². The normalized spacial score (nSPS) is 12.9. The lowest BCUT2D eigenvalue weighted by molar-refractivity contribution is 0.690. The third kappa shape index (κ3) is 10.8. The number of rotatable bonds is 13. The van der Waals surface area contributed by atoms with Gasteiger partial charge < -0.3 is 0 Å². The molecule has 0 aliphatic heterocycles. The Morgan fingerprint density at radius 2 is 1.49 bits per heavy atom. The molecule has 0 spiro atoms. The van der Waals surface area contributed by atoms with E-state index in [4.69, 9.17) is 21.4 Å². The van der Waals surface area contributed by atoms with Crippen molar-refractivity contribution in [3.8, 4) is 57.5 Å². The van der Waals surface area contributed by atoms with Gasteiger partial charge in [-0.3, -0.25) is 4.99 Å². The highest BCUT2D eigenvalue weighted by Gasteiger charge is 2.14. The van der Waals surface area contributed by atoms with E-state index in [2.05, 4.69) is 96.3 Å². The zero-order valence-electron chi connectivity index (χ0n) is 31.5. The lowest BCUT2D eigenvalue weighted by Gasteiger charge is -2.13. The van der Waals surface area contributed by atoms with Crippen LogP contribution in [-0.2, 0) is 0 Å². The molecule has 0 radical (unpaired) electrons. The maximum Gasteiger partial charge on any atom is 0.164 e. The van der Waals surface area contributed by atoms with Crippen LogP contribution in [0.15, 0.2) is 144 Å². The van der Waals surface area contributed by atoms with E-state index in [0.717, 1.165) is 67.9 Å². The molecule has 0 N–H and O–H groups in total. The molecule has 0 unspecified atom stereocenters. The average Bonchev–Trinajstić information content (AvgIpc) is 3.20. The summed E-state index contributed by atoms with van der Waals surface area (Å²) in [6.07, 6.45) is 25.0. The molecule has 264 valence electrons. The van der Waals surface area contributed by atoms with E-state index in [1.54, 1.807) is 12.5 Å². The number of hydrogen-bond acceptors (Lipinski definition) is 6. The fourth-order valence-electron chi connectivity index (χ4n) is 5.37. The molecule has 6 heteroatoms. The Bertz CT molecular complexity index is 2230. The van der Waals surface area contributed by atoms with Gasteiger partial charge in [0.1, 0.15) is 6.33 Å². The second-order valence-corrected chi connectivity index (χ2v) is 13.2. The summed E-state index contributed by atoms with van der Waals surface area (Å²) >= 11 is 0. The van der Waals surface area contributed by atoms with Crippen LogP contribution in [-0.4, -0.2) is 31.1 Å². The molecular formula is C47H46N6. The topological polar surface area (TPSA) is 76.8 Å². The van der Waals surface area contributed by atoms with Gasteiger partial charge in [-0.2, -0.15) is 0 Å². The molecule has 5 aromatic rings. The Labute approximate surface area is 314 Å². The predicted molar refractivity (Wildman–Crippen MR) is 223 cm³/mol. The third-order valence-electron chi connectivity index (χ3n) is 8.51. The van der Waals surface area contributed by atoms with Gasteiger partial charge in [0, 0.05) is 46.8 Å². The lowest BCUT2D eigenvalue weighted by Crippen LogP contribution is -2.02. The van der Waals surface area contributed by atoms with Crippen LogP contribution in [0.3, 0.4) is 0 Å². The first-order chi connectivity index (χ1) is 25.7. The number of aromatic nitrogens is 5. The SMILES string of the molecule is C#C/C(=C\C=C(/C)c1cc(-c2ccc(-c3ccncn3)cc2)cc(-c2nc(/C(C)=C/C=C\C)nc(-c3ccccc3)n2)c1)C/C=C(/C)N=CCC(C)C. The summed E-state index contributed by atoms with van der Waals surface area (Å²) in [4.78, 5) is 28.0. The van der Waals surface area contributed by atoms with Crippen LogP contribution < -0.4 is 0 Å². The van der Waals surface area contributed by atoms with Crippen LogP contribution in [0.2, 0.25) is 0 Å². The number of terminal acetylenes is 1. The second-order valence-electron chi connectivity index (χ2n) is 13.2. The van der Waals surface area contributed by atoms with E-state index in [9.17, 15) is 0 Å². The van der Waals surface area contributed by atoms with Crippen molar-refractivity contribution < 1.29 is 0 Å². The van der Waals surface area contributed by atoms with Crippen LogP contribution in [0, 0.1) is 18.3 Å². The fourth-order valence-corrected chi connectivity index (χ4v) is 5.37. The van der Waals surface area contributed by atoms with Crippen molar-refractivity contribution in [1.29, 1.82) is 0 Å². The molecule has 0 amide bonds. The summed E-state index contributed by atoms with van der Waals surface area (Å²) in [6, 6.07) is 26.8. The first-order valence-corrected chi connectivity index (χ1v) is 17.9. The van der Waals surface area contributed by atoms with Gasteiger partial charge in [0.05, 0.1) is 5.69 Å². The quantitative estimate of drug-likeness (QED) is 0.0696. The maximum absolute atomic E-state index is 5.95. The number of hydrogen-bond donors (Lipinski definition) is 0. The fraction of sp³-hybridized carbons (Fsp3) is 0.191. The second kappa shape index (κ2) is 18.8. The Kier molecular flexibility index (Phi) is 13.4. The minimum atomic E-state index is 0.575. The van der Waals surface area contributed by atoms with E-state index < -0.39 is 0 Å². The molecule has 2 heterocycles. The average molecular weight is 695 g/mol. The van der Waals surface area contributed by atoms with Crippen molar-refractivity contribution in [2.24, 2.45) is 10.9 Å². The summed E-state index contributed by atoms with van der Waals surface area (Å²) in [5.74, 6) is 5.27. The number of aliphatic imine (C=N–C) groups is 1. The Hall–Kier alpha value is -6.32. The van der Waals surface area contributed by atoms with Gasteiger partial charge in [0.15, 0.2) is 17.5 Å². The van der Waals surface area contributed by atoms with Crippen LogP contribution in [0.25, 0.3) is 56.3 Å². The van der Waals surface area contributed by atoms with Gasteiger partial charge in [-0.15, -0.1) is 6.42 Å². The zero-order valence-corrected chi connectivity index (χ0v) is 31.5. The first-order valence-electron chi connectivity index (χ1n) is 17.9. The van der Waals surface area contributed by atoms with Gasteiger partial charge in [0.2, 0.25) is 0 Å². The van der Waals surface area contributed by atoms with Crippen LogP contribution in [0.1, 0.15) is 65.8 Å². The molecule has 0 saturated carbocycles. The first kappa shape index (κ1) is 37.9. The van der Waals surface area contributed by atoms with E-state index in [1.165, 1.54) is 0 Å². The molecule has 3 aromatic carbocycles. The Morgan fingerprint density at radius 3 is 2.17 bits per heavy atom. The van der Waals surface area contributed by atoms with E-state index in [-0.39, 0.29) is 0 Å². The molecular weight excluding hydrogens is 649 g/mol. The zero-order chi connectivity index (χ0) is 37.6. The van der Waals surface area contributed by atoms with Gasteiger partial charge in [-0.1, -0.05) is 111 Å². The highest BCUT2D eigenvalue weighted by molar-refractivity contribution is 5.80. The van der Waals surface area contributed by atoms with E-state index >= 15 is 0 Å². The van der Waals surface area contributed by atoms with E-state index in [1.807, 2.05) is 87.7 Å². The molecule has 0 saturated heterocycles. The molecule has 5 rings (SSSR count). The largest absolute Gasteiger partial charge is 0.266 e. The Morgan fingerprint density at radius 1 is 0.774 bits per heavy atom. The van der Waals surface area contributed by atoms with E-state index in [0.29, 0.717) is 29.8 Å². The predicted octanol–water partition coefficient (Wildman–Crippen LogP) is 11.7. The van der Waals surface area contributed by atoms with Gasteiger partial charge in [-0.25, -0.2) is 24.9 Å². The highest BCUT2D eigenvalue weighted by atomic mass is 15.0. The standard InChI is InChI=1S/C47H46N6/c1-8-10-14-35(6)45-51-46(40-15-12-11-13-16-40)53-47(52-45)43-30-41(34(5)17-19-37(9-2)20-18-36(7)49-28-25-33(3)4)29-42(31-43)38-21-23-39(24-22-38)44-26-27-48-32-50-44/h2,8,10-19,21-24,26-33H,20,25H2,1,3-7H3/b10-8-,34-17+,35-14+,36-18-,37-19+,49-28?. The van der Waals surface area contributed by atoms with Crippen LogP contribution >= 0.6 is 0 Å². The van der Waals surface area contributed by atoms with Gasteiger partial charge >= 0.3 is 0 Å². The highest BCUT2D eigenvalue weighted by Crippen LogP contribution is 2.32. The monoisotopic (exact) mass is 694 g/mol. The van der Waals surface area contributed by atoms with Crippen molar-refractivity contribution in [3.05, 3.63) is 151 Å². The molecule has 0 fully saturated rings. The summed E-state index contributed by atoms with van der Waals surface area (Å²) < 4.78 is 0. The Balaban J connectivity index is 1.61. The van der Waals surface area contributed by atoms with Crippen LogP contribution in [0.4, 0.5) is 0 Å². The molecule has 0 atom stereocenters.